The molecule has 0 amide bonds. The predicted molar refractivity (Wildman–Crippen MR) is 302 cm³/mol. The SMILES string of the molecule is CC/C=C\C/C=C\C/C=C\C/C=C\CCCCCCCCCCCCCCCCCCCCCCC(=O)OCC(COC(=O)CCCCCCCC)OC(=O)CCCCCCC/C=C\CCCCCC. The Balaban J connectivity index is 3.92. The van der Waals surface area contributed by atoms with Gasteiger partial charge in [-0.25, -0.2) is 0 Å². The molecule has 0 bridgehead atoms. The highest BCUT2D eigenvalue weighted by molar-refractivity contribution is 5.71. The topological polar surface area (TPSA) is 78.9 Å². The number of carbonyl (C=O) groups is 3. The zero-order chi connectivity index (χ0) is 50.7. The van der Waals surface area contributed by atoms with Crippen molar-refractivity contribution in [2.75, 3.05) is 13.2 Å². The normalized spacial score (nSPS) is 12.4. The molecule has 406 valence electrons. The molecule has 0 heterocycles. The van der Waals surface area contributed by atoms with Gasteiger partial charge in [-0.3, -0.25) is 14.4 Å². The van der Waals surface area contributed by atoms with Crippen molar-refractivity contribution in [2.45, 2.75) is 316 Å². The van der Waals surface area contributed by atoms with E-state index in [-0.39, 0.29) is 31.1 Å². The molecule has 0 aromatic rings. The van der Waals surface area contributed by atoms with Crippen molar-refractivity contribution < 1.29 is 28.6 Å². The maximum atomic E-state index is 12.8. The molecule has 0 aliphatic carbocycles. The lowest BCUT2D eigenvalue weighted by Crippen LogP contribution is -2.30. The van der Waals surface area contributed by atoms with Crippen LogP contribution >= 0.6 is 0 Å². The third kappa shape index (κ3) is 56.0. The van der Waals surface area contributed by atoms with E-state index < -0.39 is 6.10 Å². The number of carbonyl (C=O) groups excluding carboxylic acids is 3. The molecule has 0 saturated carbocycles. The summed E-state index contributed by atoms with van der Waals surface area (Å²) in [6.45, 7) is 6.47. The highest BCUT2D eigenvalue weighted by atomic mass is 16.6. The lowest BCUT2D eigenvalue weighted by Gasteiger charge is -2.18. The summed E-state index contributed by atoms with van der Waals surface area (Å²) in [7, 11) is 0. The molecule has 1 unspecified atom stereocenters. The smallest absolute Gasteiger partial charge is 0.306 e. The van der Waals surface area contributed by atoms with Crippen molar-refractivity contribution in [3.8, 4) is 0 Å². The van der Waals surface area contributed by atoms with Crippen LogP contribution in [0.1, 0.15) is 310 Å². The highest BCUT2D eigenvalue weighted by Crippen LogP contribution is 2.17. The minimum Gasteiger partial charge on any atom is -0.462 e. The van der Waals surface area contributed by atoms with E-state index in [4.69, 9.17) is 14.2 Å². The molecule has 0 saturated heterocycles. The highest BCUT2D eigenvalue weighted by Gasteiger charge is 2.19. The number of ether oxygens (including phenoxy) is 3. The lowest BCUT2D eigenvalue weighted by atomic mass is 10.0. The van der Waals surface area contributed by atoms with Crippen LogP contribution in [0.15, 0.2) is 60.8 Å². The van der Waals surface area contributed by atoms with Crippen molar-refractivity contribution in [1.82, 2.24) is 0 Å². The molecule has 0 aliphatic heterocycles. The number of allylic oxidation sites excluding steroid dienone is 10. The number of esters is 3. The summed E-state index contributed by atoms with van der Waals surface area (Å²) in [4.78, 5) is 37.8. The maximum Gasteiger partial charge on any atom is 0.306 e. The third-order valence-electron chi connectivity index (χ3n) is 13.3. The van der Waals surface area contributed by atoms with Gasteiger partial charge in [-0.2, -0.15) is 0 Å². The van der Waals surface area contributed by atoms with Gasteiger partial charge in [0.25, 0.3) is 0 Å². The van der Waals surface area contributed by atoms with Crippen LogP contribution in [-0.4, -0.2) is 37.2 Å². The standard InChI is InChI=1S/C64H114O6/c1-4-7-10-13-16-18-20-22-23-24-25-26-27-28-29-30-31-32-33-34-35-36-37-38-39-40-41-43-44-46-48-51-54-57-63(66)69-60-61(59-68-62(65)56-53-50-15-12-9-6-3)70-64(67)58-55-52-49-47-45-42-21-19-17-14-11-8-5-2/h7,10,16,18-19,21-23,25-26,61H,4-6,8-9,11-15,17,20,24,27-60H2,1-3H3/b10-7-,18-16-,21-19-,23-22-,26-25-. The second-order valence-electron chi connectivity index (χ2n) is 20.2. The third-order valence-corrected chi connectivity index (χ3v) is 13.3. The summed E-state index contributed by atoms with van der Waals surface area (Å²) in [6.07, 6.45) is 74.2. The molecule has 0 rings (SSSR count). The van der Waals surface area contributed by atoms with Crippen LogP contribution in [-0.2, 0) is 28.6 Å². The fraction of sp³-hybridized carbons (Fsp3) is 0.797. The zero-order valence-corrected chi connectivity index (χ0v) is 46.5. The van der Waals surface area contributed by atoms with E-state index in [9.17, 15) is 14.4 Å². The summed E-state index contributed by atoms with van der Waals surface area (Å²) >= 11 is 0. The minimum absolute atomic E-state index is 0.0731. The van der Waals surface area contributed by atoms with Crippen molar-refractivity contribution >= 4 is 17.9 Å². The van der Waals surface area contributed by atoms with E-state index in [0.717, 1.165) is 89.9 Å². The Morgan fingerprint density at radius 3 is 0.900 bits per heavy atom. The van der Waals surface area contributed by atoms with Gasteiger partial charge >= 0.3 is 17.9 Å². The first kappa shape index (κ1) is 67.1. The predicted octanol–water partition coefficient (Wildman–Crippen LogP) is 20.4. The molecule has 1 atom stereocenters. The van der Waals surface area contributed by atoms with E-state index in [2.05, 4.69) is 81.5 Å². The molecule has 0 N–H and O–H groups in total. The fourth-order valence-corrected chi connectivity index (χ4v) is 8.72. The Kier molecular flexibility index (Phi) is 56.3. The summed E-state index contributed by atoms with van der Waals surface area (Å²) in [5.74, 6) is -0.880. The first-order chi connectivity index (χ1) is 34.5. The molecular formula is C64H114O6. The Labute approximate surface area is 434 Å². The fourth-order valence-electron chi connectivity index (χ4n) is 8.72. The van der Waals surface area contributed by atoms with Crippen LogP contribution in [0.25, 0.3) is 0 Å². The Morgan fingerprint density at radius 1 is 0.300 bits per heavy atom. The van der Waals surface area contributed by atoms with Gasteiger partial charge in [0.2, 0.25) is 0 Å². The van der Waals surface area contributed by atoms with Crippen molar-refractivity contribution in [3.63, 3.8) is 0 Å². The first-order valence-corrected chi connectivity index (χ1v) is 30.3. The van der Waals surface area contributed by atoms with E-state index >= 15 is 0 Å². The van der Waals surface area contributed by atoms with Crippen molar-refractivity contribution in [2.24, 2.45) is 0 Å². The van der Waals surface area contributed by atoms with E-state index in [0.29, 0.717) is 19.3 Å². The summed E-state index contributed by atoms with van der Waals surface area (Å²) < 4.78 is 16.7. The maximum absolute atomic E-state index is 12.8. The van der Waals surface area contributed by atoms with Crippen LogP contribution in [0.5, 0.6) is 0 Å². The molecule has 0 aromatic heterocycles. The number of unbranched alkanes of at least 4 members (excludes halogenated alkanes) is 34. The van der Waals surface area contributed by atoms with Gasteiger partial charge in [-0.05, 0) is 83.5 Å². The second kappa shape index (κ2) is 58.7. The molecule has 6 nitrogen and oxygen atoms in total. The summed E-state index contributed by atoms with van der Waals surface area (Å²) in [5, 5.41) is 0. The van der Waals surface area contributed by atoms with Crippen molar-refractivity contribution in [1.29, 1.82) is 0 Å². The number of hydrogen-bond acceptors (Lipinski definition) is 6. The largest absolute Gasteiger partial charge is 0.462 e. The quantitative estimate of drug-likeness (QED) is 0.0261. The van der Waals surface area contributed by atoms with Gasteiger partial charge in [0, 0.05) is 19.3 Å². The Hall–Kier alpha value is -2.89. The van der Waals surface area contributed by atoms with Crippen molar-refractivity contribution in [3.05, 3.63) is 60.8 Å². The second-order valence-corrected chi connectivity index (χ2v) is 20.2. The number of hydrogen-bond donors (Lipinski definition) is 0. The van der Waals surface area contributed by atoms with Crippen LogP contribution in [0.2, 0.25) is 0 Å². The summed E-state index contributed by atoms with van der Waals surface area (Å²) in [6, 6.07) is 0. The average Bonchev–Trinajstić information content (AvgIpc) is 3.36. The van der Waals surface area contributed by atoms with Gasteiger partial charge < -0.3 is 14.2 Å². The van der Waals surface area contributed by atoms with Crippen LogP contribution in [0.4, 0.5) is 0 Å². The molecule has 0 fully saturated rings. The van der Waals surface area contributed by atoms with Gasteiger partial charge in [0.1, 0.15) is 13.2 Å². The first-order valence-electron chi connectivity index (χ1n) is 30.3. The Bertz CT molecular complexity index is 1260. The molecule has 70 heavy (non-hydrogen) atoms. The van der Waals surface area contributed by atoms with Gasteiger partial charge in [0.05, 0.1) is 0 Å². The molecule has 0 aromatic carbocycles. The number of rotatable bonds is 55. The monoisotopic (exact) mass is 979 g/mol. The van der Waals surface area contributed by atoms with E-state index in [1.54, 1.807) is 0 Å². The van der Waals surface area contributed by atoms with E-state index in [1.807, 2.05) is 0 Å². The van der Waals surface area contributed by atoms with Gasteiger partial charge in [-0.15, -0.1) is 0 Å². The van der Waals surface area contributed by atoms with Gasteiger partial charge in [0.15, 0.2) is 6.10 Å². The summed E-state index contributed by atoms with van der Waals surface area (Å²) in [5.41, 5.74) is 0. The minimum atomic E-state index is -0.771. The van der Waals surface area contributed by atoms with Crippen LogP contribution in [0, 0.1) is 0 Å². The van der Waals surface area contributed by atoms with Gasteiger partial charge in [-0.1, -0.05) is 268 Å². The molecule has 0 aliphatic rings. The molecule has 0 spiro atoms. The molecule has 6 heteroatoms. The average molecular weight is 980 g/mol. The molecular weight excluding hydrogens is 865 g/mol. The van der Waals surface area contributed by atoms with Crippen LogP contribution < -0.4 is 0 Å². The van der Waals surface area contributed by atoms with Crippen LogP contribution in [0.3, 0.4) is 0 Å². The van der Waals surface area contributed by atoms with E-state index in [1.165, 1.54) is 180 Å². The zero-order valence-electron chi connectivity index (χ0n) is 46.5. The lowest BCUT2D eigenvalue weighted by molar-refractivity contribution is -0.167. The molecule has 0 radical (unpaired) electrons. The Morgan fingerprint density at radius 2 is 0.557 bits per heavy atom.